The van der Waals surface area contributed by atoms with Crippen LogP contribution in [0.4, 0.5) is 5.69 Å². The molecule has 1 aliphatic heterocycles. The second-order valence-electron chi connectivity index (χ2n) is 4.17. The van der Waals surface area contributed by atoms with Gasteiger partial charge in [-0.25, -0.2) is 4.99 Å². The van der Waals surface area contributed by atoms with E-state index in [2.05, 4.69) is 11.6 Å². The zero-order valence-corrected chi connectivity index (χ0v) is 9.78. The normalized spacial score (nSPS) is 15.2. The Morgan fingerprint density at radius 2 is 2.00 bits per heavy atom. The second kappa shape index (κ2) is 3.76. The summed E-state index contributed by atoms with van der Waals surface area (Å²) in [6, 6.07) is 7.76. The van der Waals surface area contributed by atoms with Crippen LogP contribution in [0.3, 0.4) is 0 Å². The standard InChI is InChI=1S/C13H15NO2/c1-9-10-7-5-6-8-11(10)14-12(16-9)13(2,3)15-4/h5-8H,1H2,2-4H3. The van der Waals surface area contributed by atoms with Crippen LogP contribution < -0.4 is 0 Å². The first-order valence-electron chi connectivity index (χ1n) is 5.15. The van der Waals surface area contributed by atoms with Crippen LogP contribution in [-0.2, 0) is 9.47 Å². The SMILES string of the molecule is C=C1OC(C(C)(C)OC)=Nc2ccccc21. The Labute approximate surface area is 95.4 Å². The minimum atomic E-state index is -0.545. The number of fused-ring (bicyclic) bond motifs is 1. The van der Waals surface area contributed by atoms with E-state index in [0.29, 0.717) is 11.7 Å². The first-order chi connectivity index (χ1) is 7.54. The van der Waals surface area contributed by atoms with Crippen molar-refractivity contribution in [1.82, 2.24) is 0 Å². The fourth-order valence-electron chi connectivity index (χ4n) is 1.46. The van der Waals surface area contributed by atoms with Crippen LogP contribution in [-0.4, -0.2) is 18.6 Å². The van der Waals surface area contributed by atoms with Gasteiger partial charge in [0.25, 0.3) is 0 Å². The van der Waals surface area contributed by atoms with Crippen molar-refractivity contribution in [2.45, 2.75) is 19.4 Å². The Hall–Kier alpha value is -1.61. The molecule has 0 unspecified atom stereocenters. The smallest absolute Gasteiger partial charge is 0.226 e. The van der Waals surface area contributed by atoms with Crippen LogP contribution >= 0.6 is 0 Å². The van der Waals surface area contributed by atoms with Crippen LogP contribution in [0.2, 0.25) is 0 Å². The van der Waals surface area contributed by atoms with E-state index in [4.69, 9.17) is 9.47 Å². The third kappa shape index (κ3) is 1.74. The molecule has 0 aromatic heterocycles. The van der Waals surface area contributed by atoms with Crippen molar-refractivity contribution in [3.8, 4) is 0 Å². The highest BCUT2D eigenvalue weighted by Crippen LogP contribution is 2.33. The maximum absolute atomic E-state index is 5.60. The van der Waals surface area contributed by atoms with Crippen molar-refractivity contribution in [2.24, 2.45) is 4.99 Å². The molecule has 0 bridgehead atoms. The highest BCUT2D eigenvalue weighted by molar-refractivity contribution is 5.95. The predicted molar refractivity (Wildman–Crippen MR) is 64.7 cm³/mol. The maximum atomic E-state index is 5.60. The Bertz CT molecular complexity index is 461. The van der Waals surface area contributed by atoms with Crippen LogP contribution in [0.5, 0.6) is 0 Å². The Kier molecular flexibility index (Phi) is 2.56. The van der Waals surface area contributed by atoms with Gasteiger partial charge < -0.3 is 9.47 Å². The van der Waals surface area contributed by atoms with Crippen molar-refractivity contribution in [3.05, 3.63) is 36.4 Å². The highest BCUT2D eigenvalue weighted by atomic mass is 16.5. The summed E-state index contributed by atoms with van der Waals surface area (Å²) in [5, 5.41) is 0. The number of rotatable bonds is 2. The number of methoxy groups -OCH3 is 1. The Balaban J connectivity index is 2.48. The third-order valence-electron chi connectivity index (χ3n) is 2.67. The average molecular weight is 217 g/mol. The summed E-state index contributed by atoms with van der Waals surface area (Å²) in [7, 11) is 1.63. The molecule has 3 heteroatoms. The molecule has 0 saturated heterocycles. The lowest BCUT2D eigenvalue weighted by atomic mass is 10.1. The van der Waals surface area contributed by atoms with Crippen molar-refractivity contribution in [1.29, 1.82) is 0 Å². The first kappa shape index (κ1) is 10.9. The summed E-state index contributed by atoms with van der Waals surface area (Å²) >= 11 is 0. The van der Waals surface area contributed by atoms with Gasteiger partial charge in [0.05, 0.1) is 5.69 Å². The lowest BCUT2D eigenvalue weighted by molar-refractivity contribution is 0.0669. The van der Waals surface area contributed by atoms with Gasteiger partial charge >= 0.3 is 0 Å². The lowest BCUT2D eigenvalue weighted by Crippen LogP contribution is -2.36. The van der Waals surface area contributed by atoms with Gasteiger partial charge in [0.15, 0.2) is 0 Å². The molecule has 3 nitrogen and oxygen atoms in total. The number of para-hydroxylation sites is 1. The molecule has 0 saturated carbocycles. The summed E-state index contributed by atoms with van der Waals surface area (Å²) in [6.07, 6.45) is 0. The average Bonchev–Trinajstić information content (AvgIpc) is 2.29. The largest absolute Gasteiger partial charge is 0.440 e. The van der Waals surface area contributed by atoms with E-state index < -0.39 is 5.60 Å². The third-order valence-corrected chi connectivity index (χ3v) is 2.67. The van der Waals surface area contributed by atoms with E-state index >= 15 is 0 Å². The van der Waals surface area contributed by atoms with Gasteiger partial charge in [-0.2, -0.15) is 0 Å². The molecule has 2 rings (SSSR count). The Morgan fingerprint density at radius 3 is 2.69 bits per heavy atom. The van der Waals surface area contributed by atoms with Gasteiger partial charge in [-0.1, -0.05) is 18.7 Å². The summed E-state index contributed by atoms with van der Waals surface area (Å²) in [5.41, 5.74) is 1.26. The quantitative estimate of drug-likeness (QED) is 0.762. The van der Waals surface area contributed by atoms with Crippen molar-refractivity contribution in [2.75, 3.05) is 7.11 Å². The zero-order valence-electron chi connectivity index (χ0n) is 9.78. The molecule has 0 fully saturated rings. The zero-order chi connectivity index (χ0) is 11.8. The number of hydrogen-bond acceptors (Lipinski definition) is 3. The van der Waals surface area contributed by atoms with E-state index in [1.54, 1.807) is 7.11 Å². The minimum absolute atomic E-state index is 0.540. The van der Waals surface area contributed by atoms with Crippen LogP contribution in [0.15, 0.2) is 35.8 Å². The molecular weight excluding hydrogens is 202 g/mol. The molecule has 1 aliphatic rings. The molecule has 0 radical (unpaired) electrons. The van der Waals surface area contributed by atoms with Crippen LogP contribution in [0, 0.1) is 0 Å². The molecule has 0 spiro atoms. The van der Waals surface area contributed by atoms with E-state index in [0.717, 1.165) is 11.3 Å². The fraction of sp³-hybridized carbons (Fsp3) is 0.308. The Morgan fingerprint density at radius 1 is 1.31 bits per heavy atom. The number of aliphatic imine (C=N–C) groups is 1. The number of ether oxygens (including phenoxy) is 2. The molecule has 1 aromatic carbocycles. The van der Waals surface area contributed by atoms with Gasteiger partial charge in [0, 0.05) is 12.7 Å². The number of nitrogens with zero attached hydrogens (tertiary/aromatic N) is 1. The molecule has 1 heterocycles. The van der Waals surface area contributed by atoms with E-state index in [9.17, 15) is 0 Å². The van der Waals surface area contributed by atoms with Gasteiger partial charge in [0.2, 0.25) is 5.90 Å². The van der Waals surface area contributed by atoms with Gasteiger partial charge in [0.1, 0.15) is 11.4 Å². The monoisotopic (exact) mass is 217 g/mol. The molecule has 0 amide bonds. The van der Waals surface area contributed by atoms with Crippen LogP contribution in [0.1, 0.15) is 19.4 Å². The summed E-state index contributed by atoms with van der Waals surface area (Å²) in [4.78, 5) is 4.45. The van der Waals surface area contributed by atoms with Crippen molar-refractivity contribution in [3.63, 3.8) is 0 Å². The van der Waals surface area contributed by atoms with E-state index in [-0.39, 0.29) is 0 Å². The van der Waals surface area contributed by atoms with Crippen molar-refractivity contribution >= 4 is 17.3 Å². The van der Waals surface area contributed by atoms with Crippen LogP contribution in [0.25, 0.3) is 5.76 Å². The van der Waals surface area contributed by atoms with Gasteiger partial charge in [-0.15, -0.1) is 0 Å². The molecule has 84 valence electrons. The summed E-state index contributed by atoms with van der Waals surface area (Å²) in [5.74, 6) is 1.16. The molecule has 0 aliphatic carbocycles. The number of hydrogen-bond donors (Lipinski definition) is 0. The molecule has 0 N–H and O–H groups in total. The first-order valence-corrected chi connectivity index (χ1v) is 5.15. The molecule has 16 heavy (non-hydrogen) atoms. The predicted octanol–water partition coefficient (Wildman–Crippen LogP) is 3.14. The topological polar surface area (TPSA) is 30.8 Å². The molecular formula is C13H15NO2. The summed E-state index contributed by atoms with van der Waals surface area (Å²) in [6.45, 7) is 7.71. The molecule has 0 atom stereocenters. The van der Waals surface area contributed by atoms with Gasteiger partial charge in [-0.05, 0) is 26.0 Å². The molecule has 1 aromatic rings. The fourth-order valence-corrected chi connectivity index (χ4v) is 1.46. The highest BCUT2D eigenvalue weighted by Gasteiger charge is 2.30. The van der Waals surface area contributed by atoms with Gasteiger partial charge in [-0.3, -0.25) is 0 Å². The minimum Gasteiger partial charge on any atom is -0.440 e. The lowest BCUT2D eigenvalue weighted by Gasteiger charge is -2.28. The van der Waals surface area contributed by atoms with E-state index in [1.165, 1.54) is 0 Å². The maximum Gasteiger partial charge on any atom is 0.226 e. The number of benzene rings is 1. The summed E-state index contributed by atoms with van der Waals surface area (Å²) < 4.78 is 10.9. The van der Waals surface area contributed by atoms with Crippen molar-refractivity contribution < 1.29 is 9.47 Å². The second-order valence-corrected chi connectivity index (χ2v) is 4.17. The van der Waals surface area contributed by atoms with E-state index in [1.807, 2.05) is 38.1 Å².